The number of hydrogen-bond donors (Lipinski definition) is 6. The molecule has 0 spiro atoms. The van der Waals surface area contributed by atoms with Gasteiger partial charge in [0.25, 0.3) is 5.78 Å². The summed E-state index contributed by atoms with van der Waals surface area (Å²) in [7, 11) is 0. The van der Waals surface area contributed by atoms with E-state index in [1.807, 2.05) is 24.4 Å². The highest BCUT2D eigenvalue weighted by Gasteiger charge is 2.16. The van der Waals surface area contributed by atoms with E-state index < -0.39 is 0 Å². The number of aromatic amines is 1. The number of nitrogens with zero attached hydrogens (tertiary/aromatic N) is 6. The van der Waals surface area contributed by atoms with Gasteiger partial charge in [-0.1, -0.05) is 36.4 Å². The first-order valence-corrected chi connectivity index (χ1v) is 13.7. The summed E-state index contributed by atoms with van der Waals surface area (Å²) in [4.78, 5) is 21.1. The molecule has 0 fully saturated rings. The van der Waals surface area contributed by atoms with Crippen LogP contribution in [0.15, 0.2) is 60.0 Å². The van der Waals surface area contributed by atoms with E-state index in [1.165, 1.54) is 6.21 Å². The number of nitrogens with one attached hydrogen (secondary N) is 4. The first-order valence-electron chi connectivity index (χ1n) is 13.7. The van der Waals surface area contributed by atoms with Crippen molar-refractivity contribution in [1.29, 1.82) is 5.41 Å². The number of fused-ring (bicyclic) bond motifs is 1. The van der Waals surface area contributed by atoms with Gasteiger partial charge >= 0.3 is 0 Å². The van der Waals surface area contributed by atoms with Crippen molar-refractivity contribution < 1.29 is 10.2 Å². The number of aliphatic imine (C=N–C) groups is 1. The Hall–Kier alpha value is -4.62. The van der Waals surface area contributed by atoms with Gasteiger partial charge in [-0.15, -0.1) is 0 Å². The van der Waals surface area contributed by atoms with E-state index in [1.54, 1.807) is 16.9 Å². The zero-order valence-corrected chi connectivity index (χ0v) is 23.6. The van der Waals surface area contributed by atoms with Crippen LogP contribution in [-0.2, 0) is 6.54 Å². The maximum Gasteiger partial charge on any atom is 0.251 e. The van der Waals surface area contributed by atoms with Crippen LogP contribution >= 0.6 is 0 Å². The van der Waals surface area contributed by atoms with E-state index in [-0.39, 0.29) is 13.2 Å². The second-order valence-electron chi connectivity index (χ2n) is 9.78. The topological polar surface area (TPSA) is 172 Å². The third-order valence-electron chi connectivity index (χ3n) is 6.86. The molecular formula is C30H34N10O2. The fourth-order valence-corrected chi connectivity index (χ4v) is 4.75. The largest absolute Gasteiger partial charge is 0.395 e. The van der Waals surface area contributed by atoms with Gasteiger partial charge in [0.15, 0.2) is 0 Å². The van der Waals surface area contributed by atoms with Crippen molar-refractivity contribution in [3.05, 3.63) is 71.8 Å². The first-order chi connectivity index (χ1) is 20.5. The Morgan fingerprint density at radius 1 is 0.952 bits per heavy atom. The molecule has 0 amide bonds. The molecule has 5 aromatic rings. The predicted octanol–water partition coefficient (Wildman–Crippen LogP) is 2.85. The summed E-state index contributed by atoms with van der Waals surface area (Å²) in [5, 5.41) is 36.5. The van der Waals surface area contributed by atoms with Crippen LogP contribution in [0.2, 0.25) is 0 Å². The van der Waals surface area contributed by atoms with Crippen LogP contribution in [0.3, 0.4) is 0 Å². The molecule has 2 aromatic carbocycles. The average molecular weight is 567 g/mol. The Balaban J connectivity index is 1.40. The molecule has 0 bridgehead atoms. The molecule has 12 nitrogen and oxygen atoms in total. The molecular weight excluding hydrogens is 532 g/mol. The molecule has 12 heteroatoms. The van der Waals surface area contributed by atoms with Crippen molar-refractivity contribution in [2.75, 3.05) is 32.8 Å². The zero-order chi connectivity index (χ0) is 29.5. The number of aliphatic hydroxyl groups is 2. The lowest BCUT2D eigenvalue weighted by Crippen LogP contribution is -2.25. The summed E-state index contributed by atoms with van der Waals surface area (Å²) in [5.74, 6) is 0.939. The van der Waals surface area contributed by atoms with Crippen molar-refractivity contribution in [1.82, 2.24) is 40.2 Å². The summed E-state index contributed by atoms with van der Waals surface area (Å²) in [5.41, 5.74) is 9.07. The smallest absolute Gasteiger partial charge is 0.251 e. The lowest BCUT2D eigenvalue weighted by Gasteiger charge is -2.15. The second-order valence-corrected chi connectivity index (χ2v) is 9.78. The number of hydrogen-bond acceptors (Lipinski definition) is 10. The SMILES string of the molecule is Cc1c(-c2cn3nc(CNCCO)cnc3n2)cccc1-c1cccc(-c2cnc(/N=C\C(=N)CNCCO)[nH]2)c1C. The van der Waals surface area contributed by atoms with E-state index in [4.69, 9.17) is 20.6 Å². The molecule has 216 valence electrons. The van der Waals surface area contributed by atoms with Gasteiger partial charge in [-0.2, -0.15) is 5.10 Å². The lowest BCUT2D eigenvalue weighted by atomic mass is 9.90. The van der Waals surface area contributed by atoms with Gasteiger partial charge in [-0.25, -0.2) is 24.5 Å². The highest BCUT2D eigenvalue weighted by Crippen LogP contribution is 2.36. The highest BCUT2D eigenvalue weighted by molar-refractivity contribution is 6.30. The maximum atomic E-state index is 9.00. The van der Waals surface area contributed by atoms with Crippen molar-refractivity contribution in [2.45, 2.75) is 20.4 Å². The van der Waals surface area contributed by atoms with Crippen LogP contribution in [0.1, 0.15) is 16.8 Å². The molecule has 3 aromatic heterocycles. The summed E-state index contributed by atoms with van der Waals surface area (Å²) in [6.07, 6.45) is 6.79. The summed E-state index contributed by atoms with van der Waals surface area (Å²) < 4.78 is 1.69. The number of aromatic nitrogens is 6. The maximum absolute atomic E-state index is 9.00. The molecule has 0 aliphatic rings. The standard InChI is InChI=1S/C30H34N10O2/c1-19-23(5-3-7-25(19)27-17-35-29(37-27)34-14-21(31)13-32-9-11-41)24-6-4-8-26(20(24)2)28-18-40-30(38-28)36-16-22(39-40)15-33-10-12-42/h3-8,14,16-18,31-33,41-42H,9-13,15H2,1-2H3,(H,35,37)/b31-21?,34-14-. The predicted molar refractivity (Wildman–Crippen MR) is 163 cm³/mol. The molecule has 0 saturated carbocycles. The number of aliphatic hydroxyl groups excluding tert-OH is 2. The van der Waals surface area contributed by atoms with Crippen molar-refractivity contribution in [3.63, 3.8) is 0 Å². The summed E-state index contributed by atoms with van der Waals surface area (Å²) >= 11 is 0. The minimum atomic E-state index is 0.0236. The van der Waals surface area contributed by atoms with Gasteiger partial charge in [0, 0.05) is 37.3 Å². The molecule has 0 unspecified atom stereocenters. The molecule has 0 atom stereocenters. The molecule has 0 aliphatic heterocycles. The second kappa shape index (κ2) is 13.4. The van der Waals surface area contributed by atoms with Crippen molar-refractivity contribution in [3.8, 4) is 33.6 Å². The quantitative estimate of drug-likeness (QED) is 0.0932. The van der Waals surface area contributed by atoms with Gasteiger partial charge in [-0.3, -0.25) is 0 Å². The van der Waals surface area contributed by atoms with Gasteiger partial charge < -0.3 is 31.2 Å². The van der Waals surface area contributed by atoms with Crippen LogP contribution in [-0.4, -0.2) is 84.5 Å². The Morgan fingerprint density at radius 3 is 2.40 bits per heavy atom. The van der Waals surface area contributed by atoms with Crippen LogP contribution < -0.4 is 10.6 Å². The van der Waals surface area contributed by atoms with Crippen LogP contribution in [0.5, 0.6) is 0 Å². The molecule has 6 N–H and O–H groups in total. The zero-order valence-electron chi connectivity index (χ0n) is 23.6. The van der Waals surface area contributed by atoms with E-state index in [2.05, 4.69) is 67.7 Å². The Labute approximate surface area is 243 Å². The van der Waals surface area contributed by atoms with E-state index in [0.29, 0.717) is 43.6 Å². The summed E-state index contributed by atoms with van der Waals surface area (Å²) in [6, 6.07) is 12.4. The van der Waals surface area contributed by atoms with E-state index >= 15 is 0 Å². The minimum absolute atomic E-state index is 0.0236. The Morgan fingerprint density at radius 2 is 1.64 bits per heavy atom. The van der Waals surface area contributed by atoms with Crippen molar-refractivity contribution >= 4 is 23.7 Å². The first kappa shape index (κ1) is 28.9. The van der Waals surface area contributed by atoms with Crippen molar-refractivity contribution in [2.24, 2.45) is 4.99 Å². The number of H-pyrrole nitrogens is 1. The fourth-order valence-electron chi connectivity index (χ4n) is 4.75. The molecule has 42 heavy (non-hydrogen) atoms. The third kappa shape index (κ3) is 6.47. The number of imidazole rings is 2. The third-order valence-corrected chi connectivity index (χ3v) is 6.86. The minimum Gasteiger partial charge on any atom is -0.395 e. The lowest BCUT2D eigenvalue weighted by molar-refractivity contribution is 0.291. The number of benzene rings is 2. The molecule has 0 saturated heterocycles. The molecule has 0 aliphatic carbocycles. The summed E-state index contributed by atoms with van der Waals surface area (Å²) in [6.45, 7) is 6.04. The van der Waals surface area contributed by atoms with Crippen LogP contribution in [0, 0.1) is 19.3 Å². The van der Waals surface area contributed by atoms with E-state index in [0.717, 1.165) is 50.5 Å². The molecule has 5 rings (SSSR count). The Bertz CT molecular complexity index is 1720. The average Bonchev–Trinajstić information content (AvgIpc) is 3.64. The molecule has 0 radical (unpaired) electrons. The van der Waals surface area contributed by atoms with Gasteiger partial charge in [0.1, 0.15) is 0 Å². The van der Waals surface area contributed by atoms with Gasteiger partial charge in [0.2, 0.25) is 5.95 Å². The van der Waals surface area contributed by atoms with Crippen LogP contribution in [0.25, 0.3) is 39.4 Å². The van der Waals surface area contributed by atoms with Crippen LogP contribution in [0.4, 0.5) is 5.95 Å². The fraction of sp³-hybridized carbons (Fsp3) is 0.267. The molecule has 3 heterocycles. The van der Waals surface area contributed by atoms with Gasteiger partial charge in [0.05, 0.1) is 60.8 Å². The normalized spacial score (nSPS) is 11.6. The Kier molecular flexibility index (Phi) is 9.19. The number of rotatable bonds is 13. The van der Waals surface area contributed by atoms with Gasteiger partial charge in [-0.05, 0) is 36.1 Å². The highest BCUT2D eigenvalue weighted by atomic mass is 16.3. The van der Waals surface area contributed by atoms with E-state index in [9.17, 15) is 0 Å². The monoisotopic (exact) mass is 566 g/mol.